The molecule has 2 aromatic rings. The van der Waals surface area contributed by atoms with Crippen molar-refractivity contribution in [3.8, 4) is 11.4 Å². The number of hydrogen-bond acceptors (Lipinski definition) is 3. The summed E-state index contributed by atoms with van der Waals surface area (Å²) in [7, 11) is 1.96. The number of hydrogen-bond donors (Lipinski definition) is 1. The average molecular weight is 284 g/mol. The van der Waals surface area contributed by atoms with Crippen LogP contribution in [0, 0.1) is 5.92 Å². The molecule has 1 aromatic carbocycles. The number of nitrogens with one attached hydrogen (secondary N) is 1. The van der Waals surface area contributed by atoms with Gasteiger partial charge in [-0.2, -0.15) is 0 Å². The Bertz CT molecular complexity index is 552. The Morgan fingerprint density at radius 3 is 2.57 bits per heavy atom. The maximum absolute atomic E-state index is 4.13. The van der Waals surface area contributed by atoms with Gasteiger partial charge in [-0.15, -0.1) is 10.2 Å². The number of rotatable bonds is 5. The van der Waals surface area contributed by atoms with Gasteiger partial charge in [0.15, 0.2) is 5.82 Å². The van der Waals surface area contributed by atoms with Gasteiger partial charge in [-0.1, -0.05) is 32.1 Å². The molecule has 4 heteroatoms. The van der Waals surface area contributed by atoms with Crippen LogP contribution in [0.15, 0.2) is 30.6 Å². The first-order valence-corrected chi connectivity index (χ1v) is 8.01. The summed E-state index contributed by atoms with van der Waals surface area (Å²) in [5.41, 5.74) is 2.30. The van der Waals surface area contributed by atoms with E-state index < -0.39 is 0 Å². The van der Waals surface area contributed by atoms with Gasteiger partial charge in [0.2, 0.25) is 0 Å². The van der Waals surface area contributed by atoms with Crippen LogP contribution in [0.25, 0.3) is 11.4 Å². The fourth-order valence-corrected chi connectivity index (χ4v) is 3.18. The Kier molecular flexibility index (Phi) is 4.53. The van der Waals surface area contributed by atoms with Gasteiger partial charge in [-0.25, -0.2) is 0 Å². The first-order valence-electron chi connectivity index (χ1n) is 8.01. The molecule has 1 saturated carbocycles. The Balaban J connectivity index is 1.51. The summed E-state index contributed by atoms with van der Waals surface area (Å²) < 4.78 is 1.94. The van der Waals surface area contributed by atoms with Crippen LogP contribution in [-0.4, -0.2) is 21.3 Å². The molecule has 0 amide bonds. The normalized spacial score (nSPS) is 16.0. The number of aromatic nitrogens is 3. The molecule has 1 aromatic heterocycles. The number of nitrogens with zero attached hydrogens (tertiary/aromatic N) is 3. The van der Waals surface area contributed by atoms with E-state index in [0.29, 0.717) is 0 Å². The third-order valence-corrected chi connectivity index (χ3v) is 4.46. The number of aryl methyl sites for hydroxylation is 1. The molecule has 3 rings (SSSR count). The van der Waals surface area contributed by atoms with Gasteiger partial charge < -0.3 is 9.88 Å². The molecule has 112 valence electrons. The van der Waals surface area contributed by atoms with Crippen molar-refractivity contribution in [3.05, 3.63) is 30.6 Å². The molecule has 0 radical (unpaired) electrons. The van der Waals surface area contributed by atoms with Crippen molar-refractivity contribution in [2.24, 2.45) is 13.0 Å². The van der Waals surface area contributed by atoms with Gasteiger partial charge in [0.1, 0.15) is 6.33 Å². The third-order valence-electron chi connectivity index (χ3n) is 4.46. The standard InChI is InChI=1S/C17H24N4/c1-21-13-19-20-17(21)15-7-9-16(10-8-15)18-12-11-14-5-3-2-4-6-14/h7-10,13-14,18H,2-6,11-12H2,1H3. The fraction of sp³-hybridized carbons (Fsp3) is 0.529. The van der Waals surface area contributed by atoms with E-state index in [2.05, 4.69) is 39.8 Å². The van der Waals surface area contributed by atoms with Crippen molar-refractivity contribution in [2.75, 3.05) is 11.9 Å². The first-order chi connectivity index (χ1) is 10.3. The van der Waals surface area contributed by atoms with E-state index in [1.54, 1.807) is 6.33 Å². The molecular formula is C17H24N4. The molecule has 4 nitrogen and oxygen atoms in total. The van der Waals surface area contributed by atoms with Gasteiger partial charge in [-0.3, -0.25) is 0 Å². The maximum atomic E-state index is 4.13. The smallest absolute Gasteiger partial charge is 0.163 e. The minimum atomic E-state index is 0.906. The summed E-state index contributed by atoms with van der Waals surface area (Å²) in [4.78, 5) is 0. The van der Waals surface area contributed by atoms with Crippen LogP contribution in [0.1, 0.15) is 38.5 Å². The number of benzene rings is 1. The topological polar surface area (TPSA) is 42.7 Å². The predicted molar refractivity (Wildman–Crippen MR) is 86.1 cm³/mol. The van der Waals surface area contributed by atoms with Crippen LogP contribution >= 0.6 is 0 Å². The minimum absolute atomic E-state index is 0.906. The van der Waals surface area contributed by atoms with Crippen molar-refractivity contribution in [1.82, 2.24) is 14.8 Å². The van der Waals surface area contributed by atoms with E-state index in [1.807, 2.05) is 11.6 Å². The average Bonchev–Trinajstić information content (AvgIpc) is 2.95. The molecule has 1 heterocycles. The highest BCUT2D eigenvalue weighted by Crippen LogP contribution is 2.26. The molecule has 0 atom stereocenters. The van der Waals surface area contributed by atoms with Crippen molar-refractivity contribution in [3.63, 3.8) is 0 Å². The molecular weight excluding hydrogens is 260 g/mol. The zero-order valence-electron chi connectivity index (χ0n) is 12.8. The molecule has 0 unspecified atom stereocenters. The molecule has 21 heavy (non-hydrogen) atoms. The quantitative estimate of drug-likeness (QED) is 0.906. The van der Waals surface area contributed by atoms with Gasteiger partial charge >= 0.3 is 0 Å². The van der Waals surface area contributed by atoms with E-state index in [1.165, 1.54) is 44.2 Å². The van der Waals surface area contributed by atoms with Gasteiger partial charge in [0.05, 0.1) is 0 Å². The Labute approximate surface area is 126 Å². The van der Waals surface area contributed by atoms with Gasteiger partial charge in [0, 0.05) is 24.8 Å². The highest BCUT2D eigenvalue weighted by molar-refractivity contribution is 5.59. The van der Waals surface area contributed by atoms with Crippen LogP contribution in [0.5, 0.6) is 0 Å². The summed E-state index contributed by atoms with van der Waals surface area (Å²) in [6, 6.07) is 8.47. The molecule has 0 bridgehead atoms. The van der Waals surface area contributed by atoms with E-state index >= 15 is 0 Å². The molecule has 1 N–H and O–H groups in total. The highest BCUT2D eigenvalue weighted by atomic mass is 15.2. The zero-order valence-corrected chi connectivity index (χ0v) is 12.8. The lowest BCUT2D eigenvalue weighted by molar-refractivity contribution is 0.345. The largest absolute Gasteiger partial charge is 0.385 e. The van der Waals surface area contributed by atoms with Crippen LogP contribution in [0.2, 0.25) is 0 Å². The van der Waals surface area contributed by atoms with Crippen molar-refractivity contribution >= 4 is 5.69 Å². The second-order valence-electron chi connectivity index (χ2n) is 6.06. The van der Waals surface area contributed by atoms with E-state index in [0.717, 1.165) is 23.9 Å². The van der Waals surface area contributed by atoms with E-state index in [4.69, 9.17) is 0 Å². The maximum Gasteiger partial charge on any atom is 0.163 e. The van der Waals surface area contributed by atoms with Crippen molar-refractivity contribution < 1.29 is 0 Å². The molecule has 0 aliphatic heterocycles. The molecule has 0 spiro atoms. The summed E-state index contributed by atoms with van der Waals surface area (Å²) in [6.07, 6.45) is 10.2. The summed E-state index contributed by atoms with van der Waals surface area (Å²) in [5.74, 6) is 1.84. The lowest BCUT2D eigenvalue weighted by atomic mass is 9.87. The van der Waals surface area contributed by atoms with E-state index in [9.17, 15) is 0 Å². The molecule has 1 fully saturated rings. The van der Waals surface area contributed by atoms with Crippen molar-refractivity contribution in [1.29, 1.82) is 0 Å². The van der Waals surface area contributed by atoms with Crippen LogP contribution in [0.3, 0.4) is 0 Å². The Morgan fingerprint density at radius 2 is 1.90 bits per heavy atom. The second kappa shape index (κ2) is 6.74. The lowest BCUT2D eigenvalue weighted by Gasteiger charge is -2.21. The molecule has 1 aliphatic carbocycles. The Hall–Kier alpha value is -1.84. The highest BCUT2D eigenvalue weighted by Gasteiger charge is 2.12. The monoisotopic (exact) mass is 284 g/mol. The van der Waals surface area contributed by atoms with Crippen LogP contribution < -0.4 is 5.32 Å². The molecule has 1 aliphatic rings. The van der Waals surface area contributed by atoms with Crippen LogP contribution in [0.4, 0.5) is 5.69 Å². The lowest BCUT2D eigenvalue weighted by Crippen LogP contribution is -2.12. The fourth-order valence-electron chi connectivity index (χ4n) is 3.18. The second-order valence-corrected chi connectivity index (χ2v) is 6.06. The Morgan fingerprint density at radius 1 is 1.14 bits per heavy atom. The predicted octanol–water partition coefficient (Wildman–Crippen LogP) is 3.86. The van der Waals surface area contributed by atoms with Crippen molar-refractivity contribution in [2.45, 2.75) is 38.5 Å². The van der Waals surface area contributed by atoms with Gasteiger partial charge in [-0.05, 0) is 36.6 Å². The number of anilines is 1. The first kappa shape index (κ1) is 14.1. The summed E-state index contributed by atoms with van der Waals surface area (Å²) in [5, 5.41) is 11.6. The summed E-state index contributed by atoms with van der Waals surface area (Å²) >= 11 is 0. The third kappa shape index (κ3) is 3.63. The minimum Gasteiger partial charge on any atom is -0.385 e. The van der Waals surface area contributed by atoms with Gasteiger partial charge in [0.25, 0.3) is 0 Å². The van der Waals surface area contributed by atoms with Crippen LogP contribution in [-0.2, 0) is 7.05 Å². The molecule has 0 saturated heterocycles. The van der Waals surface area contributed by atoms with E-state index in [-0.39, 0.29) is 0 Å². The SMILES string of the molecule is Cn1cnnc1-c1ccc(NCCC2CCCCC2)cc1. The zero-order chi connectivity index (χ0) is 14.5. The summed E-state index contributed by atoms with van der Waals surface area (Å²) in [6.45, 7) is 1.08.